The molecular weight excluding hydrogens is 925 g/mol. The zero-order valence-corrected chi connectivity index (χ0v) is 36.9. The molecule has 0 amide bonds. The first-order valence-corrected chi connectivity index (χ1v) is 26.1. The fourth-order valence-corrected chi connectivity index (χ4v) is 9.92. The van der Waals surface area contributed by atoms with Gasteiger partial charge in [0.15, 0.2) is 0 Å². The van der Waals surface area contributed by atoms with E-state index < -0.39 is 19.6 Å². The fourth-order valence-electron chi connectivity index (χ4n) is 6.97. The SMILES string of the molecule is Cc1ccc2c(n1)oc1c(-c3nc4ccccc4n3-c3cccc(-c4ccccc4)c3)[c-]ccc12.[2H]C([2H])(c1cc(-c2[c-]cccc2)nc[c]1[Ge]([CH3])([CH3])[CH3])C(C)C.[Ir]. The number of rotatable bonds is 7. The van der Waals surface area contributed by atoms with E-state index in [0.29, 0.717) is 5.71 Å². The van der Waals surface area contributed by atoms with E-state index >= 15 is 0 Å². The molecule has 4 heterocycles. The van der Waals surface area contributed by atoms with Crippen molar-refractivity contribution in [2.24, 2.45) is 5.92 Å². The van der Waals surface area contributed by atoms with Crippen molar-refractivity contribution in [1.29, 1.82) is 0 Å². The molecule has 1 radical (unpaired) electrons. The Morgan fingerprint density at radius 1 is 0.768 bits per heavy atom. The number of benzene rings is 5. The zero-order chi connectivity index (χ0) is 39.9. The van der Waals surface area contributed by atoms with Crippen molar-refractivity contribution in [3.63, 3.8) is 0 Å². The van der Waals surface area contributed by atoms with Crippen LogP contribution in [0.25, 0.3) is 72.6 Å². The molecule has 5 nitrogen and oxygen atoms in total. The van der Waals surface area contributed by atoms with E-state index in [4.69, 9.17) is 12.1 Å². The monoisotopic (exact) mass is 973 g/mol. The Kier molecular flexibility index (Phi) is 10.8. The number of para-hydroxylation sites is 2. The van der Waals surface area contributed by atoms with Gasteiger partial charge in [0.2, 0.25) is 5.71 Å². The molecule has 0 aliphatic carbocycles. The predicted molar refractivity (Wildman–Crippen MR) is 231 cm³/mol. The van der Waals surface area contributed by atoms with Gasteiger partial charge in [-0.05, 0) is 54.4 Å². The van der Waals surface area contributed by atoms with Gasteiger partial charge in [-0.1, -0.05) is 65.5 Å². The van der Waals surface area contributed by atoms with Crippen LogP contribution in [-0.4, -0.2) is 32.8 Å². The molecule has 0 unspecified atom stereocenters. The number of imidazole rings is 1. The molecule has 5 aromatic carbocycles. The number of fused-ring (bicyclic) bond motifs is 4. The Balaban J connectivity index is 0.000000194. The van der Waals surface area contributed by atoms with E-state index in [9.17, 15) is 0 Å². The first kappa shape index (κ1) is 36.5. The van der Waals surface area contributed by atoms with Crippen LogP contribution in [0, 0.1) is 25.0 Å². The van der Waals surface area contributed by atoms with Crippen LogP contribution >= 0.6 is 0 Å². The van der Waals surface area contributed by atoms with Crippen molar-refractivity contribution in [3.05, 3.63) is 163 Å². The molecule has 4 aromatic heterocycles. The number of nitrogens with zero attached hydrogens (tertiary/aromatic N) is 4. The second-order valence-electron chi connectivity index (χ2n) is 15.1. The van der Waals surface area contributed by atoms with Crippen LogP contribution in [0.15, 0.2) is 144 Å². The molecule has 0 N–H and O–H groups in total. The molecule has 0 saturated carbocycles. The van der Waals surface area contributed by atoms with Gasteiger partial charge in [-0.15, -0.1) is 18.2 Å². The number of hydrogen-bond acceptors (Lipinski definition) is 4. The largest absolute Gasteiger partial charge is 0 e. The first-order chi connectivity index (χ1) is 27.4. The van der Waals surface area contributed by atoms with Gasteiger partial charge in [0, 0.05) is 36.9 Å². The zero-order valence-electron chi connectivity index (χ0n) is 34.4. The van der Waals surface area contributed by atoms with Crippen molar-refractivity contribution in [2.75, 3.05) is 0 Å². The number of pyridine rings is 2. The molecule has 0 aliphatic heterocycles. The van der Waals surface area contributed by atoms with Gasteiger partial charge in [-0.3, -0.25) is 4.98 Å². The summed E-state index contributed by atoms with van der Waals surface area (Å²) >= 11 is -2.20. The normalized spacial score (nSPS) is 12.3. The minimum Gasteiger partial charge on any atom is 0 e. The molecule has 56 heavy (non-hydrogen) atoms. The molecule has 0 bridgehead atoms. The summed E-state index contributed by atoms with van der Waals surface area (Å²) in [4.78, 5) is 14.3. The number of aromatic nitrogens is 4. The van der Waals surface area contributed by atoms with Gasteiger partial charge in [0.05, 0.1) is 22.4 Å². The Labute approximate surface area is 348 Å². The molecule has 0 spiro atoms. The maximum Gasteiger partial charge on any atom is 0 e. The number of aryl methyl sites for hydroxylation is 1. The molecule has 9 aromatic rings. The molecule has 0 atom stereocenters. The number of hydrogen-bond donors (Lipinski definition) is 0. The van der Waals surface area contributed by atoms with Crippen LogP contribution in [0.4, 0.5) is 0 Å². The van der Waals surface area contributed by atoms with Crippen molar-refractivity contribution in [1.82, 2.24) is 19.5 Å². The van der Waals surface area contributed by atoms with Crippen molar-refractivity contribution in [2.45, 2.75) is 44.4 Å². The van der Waals surface area contributed by atoms with Gasteiger partial charge in [-0.2, -0.15) is 0 Å². The average molecular weight is 972 g/mol. The Morgan fingerprint density at radius 3 is 2.30 bits per heavy atom. The summed E-state index contributed by atoms with van der Waals surface area (Å²) in [6.07, 6.45) is 0.562. The van der Waals surface area contributed by atoms with E-state index in [-0.39, 0.29) is 26.0 Å². The predicted octanol–water partition coefficient (Wildman–Crippen LogP) is 12.1. The quantitative estimate of drug-likeness (QED) is 0.118. The smallest absolute Gasteiger partial charge is 0 e. The molecule has 0 fully saturated rings. The Morgan fingerprint density at radius 2 is 1.54 bits per heavy atom. The topological polar surface area (TPSA) is 56.7 Å². The van der Waals surface area contributed by atoms with Crippen molar-refractivity contribution in [3.8, 4) is 39.5 Å². The van der Waals surface area contributed by atoms with Crippen molar-refractivity contribution >= 4 is 50.8 Å². The summed E-state index contributed by atoms with van der Waals surface area (Å²) in [6.45, 7) is 5.85. The van der Waals surface area contributed by atoms with Crippen LogP contribution in [0.2, 0.25) is 17.3 Å². The third-order valence-corrected chi connectivity index (χ3v) is 13.8. The minimum absolute atomic E-state index is 0. The first-order valence-electron chi connectivity index (χ1n) is 19.7. The summed E-state index contributed by atoms with van der Waals surface area (Å²) in [5.41, 5.74) is 11.0. The van der Waals surface area contributed by atoms with Crippen molar-refractivity contribution < 1.29 is 27.3 Å². The second-order valence-corrected chi connectivity index (χ2v) is 25.7. The van der Waals surface area contributed by atoms with Gasteiger partial charge in [-0.25, -0.2) is 4.98 Å². The Bertz CT molecular complexity index is 2870. The van der Waals surface area contributed by atoms with Crippen LogP contribution < -0.4 is 4.40 Å². The molecule has 9 rings (SSSR count). The van der Waals surface area contributed by atoms with Crippen LogP contribution in [-0.2, 0) is 26.5 Å². The summed E-state index contributed by atoms with van der Waals surface area (Å²) in [5.74, 6) is 7.56. The maximum absolute atomic E-state index is 8.56. The van der Waals surface area contributed by atoms with E-state index in [1.165, 1.54) is 5.56 Å². The molecular formula is C49H44GeIrN4O-2. The third-order valence-electron chi connectivity index (χ3n) is 9.57. The maximum atomic E-state index is 8.56. The van der Waals surface area contributed by atoms with E-state index in [0.717, 1.165) is 76.9 Å². The third kappa shape index (κ3) is 8.06. The van der Waals surface area contributed by atoms with E-state index in [1.54, 1.807) is 0 Å². The fraction of sp³-hybridized carbons (Fsp3) is 0.163. The minimum atomic E-state index is -2.20. The average Bonchev–Trinajstić information content (AvgIpc) is 3.79. The molecule has 7 heteroatoms. The molecule has 0 aliphatic rings. The Hall–Kier alpha value is -5.14. The summed E-state index contributed by atoms with van der Waals surface area (Å²) in [6, 6.07) is 51.5. The summed E-state index contributed by atoms with van der Waals surface area (Å²) < 4.78 is 26.8. The summed E-state index contributed by atoms with van der Waals surface area (Å²) in [5, 5.41) is 2.01. The van der Waals surface area contributed by atoms with E-state index in [1.807, 2.05) is 99.8 Å². The van der Waals surface area contributed by atoms with Gasteiger partial charge < -0.3 is 8.98 Å². The van der Waals surface area contributed by atoms with Gasteiger partial charge in [0.25, 0.3) is 0 Å². The number of furan rings is 1. The standard InChI is InChI=1S/C31H20N3O.C18H24GeN.Ir/c1-20-17-18-25-24-13-8-14-26(29(24)35-31(25)32-20)30-33-27-15-5-6-16-28(27)34(30)23-12-7-11-22(19-23)21-9-3-2-4-10-21;1-14(2)11-16-12-18(15-9-7-6-8-10-15)20-13-17(16)19(3,4)5;/h2-13,15-19H,1H3;6-9,12-14H,11H2,1-5H3;/q2*-1;/i;11D2;. The van der Waals surface area contributed by atoms with Crippen LogP contribution in [0.3, 0.4) is 0 Å². The second kappa shape index (κ2) is 16.5. The molecule has 281 valence electrons. The summed E-state index contributed by atoms with van der Waals surface area (Å²) in [7, 11) is 0. The molecule has 0 saturated heterocycles. The van der Waals surface area contributed by atoms with Crippen LogP contribution in [0.5, 0.6) is 0 Å². The van der Waals surface area contributed by atoms with Crippen LogP contribution in [0.1, 0.15) is 27.8 Å². The van der Waals surface area contributed by atoms with E-state index in [2.05, 4.69) is 105 Å². The van der Waals surface area contributed by atoms with Gasteiger partial charge in [0.1, 0.15) is 0 Å². The van der Waals surface area contributed by atoms with Gasteiger partial charge >= 0.3 is 128 Å².